The van der Waals surface area contributed by atoms with Crippen LogP contribution in [-0.4, -0.2) is 0 Å². The zero-order chi connectivity index (χ0) is 22.0. The van der Waals surface area contributed by atoms with Gasteiger partial charge in [-0.15, -0.1) is 0 Å². The summed E-state index contributed by atoms with van der Waals surface area (Å²) in [7, 11) is 0. The summed E-state index contributed by atoms with van der Waals surface area (Å²) >= 11 is 10.2. The van der Waals surface area contributed by atoms with E-state index >= 15 is 0 Å². The van der Waals surface area contributed by atoms with Crippen molar-refractivity contribution in [1.29, 1.82) is 0 Å². The molecule has 4 rings (SSSR count). The monoisotopic (exact) mass is 491 g/mol. The van der Waals surface area contributed by atoms with Gasteiger partial charge in [-0.25, -0.2) is 0 Å². The molecule has 0 saturated carbocycles. The second-order valence-electron chi connectivity index (χ2n) is 7.72. The van der Waals surface area contributed by atoms with E-state index in [1.807, 2.05) is 61.5 Å². The van der Waals surface area contributed by atoms with Crippen molar-refractivity contribution >= 4 is 44.6 Å². The van der Waals surface area contributed by atoms with Gasteiger partial charge in [0.25, 0.3) is 0 Å². The number of hydrogen-bond donors (Lipinski definition) is 0. The number of rotatable bonds is 5. The summed E-state index contributed by atoms with van der Waals surface area (Å²) in [5.41, 5.74) is 6.58. The smallest absolute Gasteiger partial charge is 0.131 e. The Morgan fingerprint density at radius 1 is 0.645 bits per heavy atom. The van der Waals surface area contributed by atoms with Crippen LogP contribution in [0.5, 0.6) is 11.5 Å². The minimum atomic E-state index is 0.615. The van der Waals surface area contributed by atoms with E-state index < -0.39 is 0 Å². The second-order valence-corrected chi connectivity index (χ2v) is 9.08. The lowest BCUT2D eigenvalue weighted by Crippen LogP contribution is -2.10. The Kier molecular flexibility index (Phi) is 6.35. The number of nitrogens with zero attached hydrogens (tertiary/aromatic N) is 1. The van der Waals surface area contributed by atoms with Crippen LogP contribution in [0.15, 0.2) is 89.4 Å². The van der Waals surface area contributed by atoms with Gasteiger partial charge < -0.3 is 9.64 Å². The van der Waals surface area contributed by atoms with Gasteiger partial charge in [-0.1, -0.05) is 51.8 Å². The van der Waals surface area contributed by atoms with Gasteiger partial charge in [-0.3, -0.25) is 0 Å². The summed E-state index contributed by atoms with van der Waals surface area (Å²) in [6.07, 6.45) is 0. The lowest BCUT2D eigenvalue weighted by Gasteiger charge is -2.27. The molecule has 2 nitrogen and oxygen atoms in total. The van der Waals surface area contributed by atoms with Gasteiger partial charge >= 0.3 is 0 Å². The lowest BCUT2D eigenvalue weighted by atomic mass is 10.1. The molecule has 0 bridgehead atoms. The van der Waals surface area contributed by atoms with Crippen LogP contribution in [0.3, 0.4) is 0 Å². The topological polar surface area (TPSA) is 12.5 Å². The van der Waals surface area contributed by atoms with E-state index in [0.29, 0.717) is 10.8 Å². The zero-order valence-corrected chi connectivity index (χ0v) is 20.0. The molecule has 4 aromatic rings. The van der Waals surface area contributed by atoms with E-state index in [0.717, 1.165) is 32.8 Å². The fourth-order valence-electron chi connectivity index (χ4n) is 3.69. The second kappa shape index (κ2) is 9.17. The first-order valence-electron chi connectivity index (χ1n) is 10.1. The first kappa shape index (κ1) is 21.5. The number of aryl methyl sites for hydroxylation is 3. The van der Waals surface area contributed by atoms with Crippen molar-refractivity contribution in [2.24, 2.45) is 0 Å². The zero-order valence-electron chi connectivity index (χ0n) is 17.7. The Morgan fingerprint density at radius 3 is 2.06 bits per heavy atom. The molecule has 0 N–H and O–H groups in total. The number of benzene rings is 4. The molecule has 0 saturated heterocycles. The molecule has 0 unspecified atom stereocenters. The van der Waals surface area contributed by atoms with Gasteiger partial charge in [0.1, 0.15) is 11.5 Å². The minimum absolute atomic E-state index is 0.615. The van der Waals surface area contributed by atoms with Gasteiger partial charge in [-0.05, 0) is 92.1 Å². The standard InChI is InChI=1S/C27H23BrClNO/c1-18-6-4-9-26(13-18)31-27-16-22(29)15-25(17-27)30(23-8-5-7-21(28)14-23)24-11-19(2)10-20(3)12-24/h4-17H,1-3H3. The number of ether oxygens (including phenoxy) is 1. The number of hydrogen-bond acceptors (Lipinski definition) is 2. The largest absolute Gasteiger partial charge is 0.457 e. The van der Waals surface area contributed by atoms with Gasteiger partial charge in [0.2, 0.25) is 0 Å². The molecule has 0 amide bonds. The highest BCUT2D eigenvalue weighted by Gasteiger charge is 2.16. The molecule has 0 aliphatic heterocycles. The molecule has 156 valence electrons. The first-order valence-corrected chi connectivity index (χ1v) is 11.2. The SMILES string of the molecule is Cc1cccc(Oc2cc(Cl)cc(N(c3cc(C)cc(C)c3)c3cccc(Br)c3)c2)c1. The molecule has 0 aliphatic carbocycles. The van der Waals surface area contributed by atoms with Gasteiger partial charge in [0.05, 0.1) is 5.69 Å². The van der Waals surface area contributed by atoms with E-state index in [4.69, 9.17) is 16.3 Å². The molecule has 0 atom stereocenters. The lowest BCUT2D eigenvalue weighted by molar-refractivity contribution is 0.482. The molecule has 0 fully saturated rings. The minimum Gasteiger partial charge on any atom is -0.457 e. The fourth-order valence-corrected chi connectivity index (χ4v) is 4.30. The third-order valence-electron chi connectivity index (χ3n) is 4.87. The average Bonchev–Trinajstić information content (AvgIpc) is 2.67. The Labute approximate surface area is 197 Å². The molecule has 4 aromatic carbocycles. The molecule has 0 aliphatic rings. The molecule has 0 spiro atoms. The normalized spacial score (nSPS) is 10.7. The van der Waals surface area contributed by atoms with Crippen molar-refractivity contribution in [2.75, 3.05) is 4.90 Å². The van der Waals surface area contributed by atoms with Crippen molar-refractivity contribution in [3.05, 3.63) is 111 Å². The third kappa shape index (κ3) is 5.30. The predicted molar refractivity (Wildman–Crippen MR) is 135 cm³/mol. The maximum absolute atomic E-state index is 6.54. The highest BCUT2D eigenvalue weighted by atomic mass is 79.9. The van der Waals surface area contributed by atoms with E-state index in [2.05, 4.69) is 65.0 Å². The average molecular weight is 493 g/mol. The van der Waals surface area contributed by atoms with E-state index in [1.165, 1.54) is 11.1 Å². The van der Waals surface area contributed by atoms with Gasteiger partial charge in [0, 0.05) is 26.9 Å². The van der Waals surface area contributed by atoms with E-state index in [1.54, 1.807) is 0 Å². The molecule has 4 heteroatoms. The first-order chi connectivity index (χ1) is 14.9. The van der Waals surface area contributed by atoms with Crippen LogP contribution in [0.25, 0.3) is 0 Å². The Hall–Kier alpha value is -2.75. The molecular formula is C27H23BrClNO. The summed E-state index contributed by atoms with van der Waals surface area (Å²) < 4.78 is 7.17. The van der Waals surface area contributed by atoms with Crippen LogP contribution < -0.4 is 9.64 Å². The highest BCUT2D eigenvalue weighted by Crippen LogP contribution is 2.40. The predicted octanol–water partition coefficient (Wildman–Crippen LogP) is 9.29. The van der Waals surface area contributed by atoms with Crippen LogP contribution in [0.1, 0.15) is 16.7 Å². The van der Waals surface area contributed by atoms with Crippen molar-refractivity contribution in [3.63, 3.8) is 0 Å². The third-order valence-corrected chi connectivity index (χ3v) is 5.58. The van der Waals surface area contributed by atoms with Gasteiger partial charge in [-0.2, -0.15) is 0 Å². The van der Waals surface area contributed by atoms with Crippen LogP contribution >= 0.6 is 27.5 Å². The summed E-state index contributed by atoms with van der Waals surface area (Å²) in [6.45, 7) is 6.27. The Balaban J connectivity index is 1.84. The molecule has 0 radical (unpaired) electrons. The molecule has 0 aromatic heterocycles. The molecule has 0 heterocycles. The van der Waals surface area contributed by atoms with Crippen molar-refractivity contribution in [3.8, 4) is 11.5 Å². The van der Waals surface area contributed by atoms with Crippen LogP contribution in [0, 0.1) is 20.8 Å². The van der Waals surface area contributed by atoms with Gasteiger partial charge in [0.15, 0.2) is 0 Å². The van der Waals surface area contributed by atoms with E-state index in [-0.39, 0.29) is 0 Å². The summed E-state index contributed by atoms with van der Waals surface area (Å²) in [5.74, 6) is 1.48. The van der Waals surface area contributed by atoms with Crippen LogP contribution in [0.2, 0.25) is 5.02 Å². The fraction of sp³-hybridized carbons (Fsp3) is 0.111. The maximum Gasteiger partial charge on any atom is 0.131 e. The van der Waals surface area contributed by atoms with Crippen molar-refractivity contribution in [2.45, 2.75) is 20.8 Å². The summed E-state index contributed by atoms with van der Waals surface area (Å²) in [4.78, 5) is 2.19. The van der Waals surface area contributed by atoms with Crippen molar-refractivity contribution in [1.82, 2.24) is 0 Å². The summed E-state index contributed by atoms with van der Waals surface area (Å²) in [5, 5.41) is 0.615. The molecule has 31 heavy (non-hydrogen) atoms. The van der Waals surface area contributed by atoms with Crippen LogP contribution in [-0.2, 0) is 0 Å². The number of anilines is 3. The summed E-state index contributed by atoms with van der Waals surface area (Å²) in [6, 6.07) is 28.6. The quantitative estimate of drug-likeness (QED) is 0.275. The van der Waals surface area contributed by atoms with Crippen molar-refractivity contribution < 1.29 is 4.74 Å². The van der Waals surface area contributed by atoms with E-state index in [9.17, 15) is 0 Å². The highest BCUT2D eigenvalue weighted by molar-refractivity contribution is 9.10. The Bertz CT molecular complexity index is 1220. The maximum atomic E-state index is 6.54. The Morgan fingerprint density at radius 2 is 1.35 bits per heavy atom. The molecular weight excluding hydrogens is 470 g/mol. The number of halogens is 2. The van der Waals surface area contributed by atoms with Crippen LogP contribution in [0.4, 0.5) is 17.1 Å².